The van der Waals surface area contributed by atoms with Crippen molar-refractivity contribution in [3.05, 3.63) is 64.0 Å². The van der Waals surface area contributed by atoms with E-state index in [0.717, 1.165) is 15.1 Å². The van der Waals surface area contributed by atoms with Crippen molar-refractivity contribution in [3.63, 3.8) is 0 Å². The van der Waals surface area contributed by atoms with Gasteiger partial charge in [-0.25, -0.2) is 4.79 Å². The lowest BCUT2D eigenvalue weighted by Crippen LogP contribution is -2.33. The number of nitrogens with one attached hydrogen (secondary N) is 1. The van der Waals surface area contributed by atoms with Gasteiger partial charge in [-0.2, -0.15) is 4.68 Å². The van der Waals surface area contributed by atoms with Crippen molar-refractivity contribution >= 4 is 17.2 Å². The normalized spacial score (nSPS) is 12.0. The number of carbonyl (C=O) groups is 1. The molecule has 0 radical (unpaired) electrons. The van der Waals surface area contributed by atoms with Gasteiger partial charge < -0.3 is 9.73 Å². The van der Waals surface area contributed by atoms with Gasteiger partial charge in [0.1, 0.15) is 6.54 Å². The summed E-state index contributed by atoms with van der Waals surface area (Å²) in [5.74, 6) is -0.709. The van der Waals surface area contributed by atoms with Crippen LogP contribution < -0.4 is 11.1 Å². The fraction of sp³-hybridized carbons (Fsp3) is 0.188. The highest BCUT2D eigenvalue weighted by Gasteiger charge is 2.15. The van der Waals surface area contributed by atoms with Crippen molar-refractivity contribution in [2.24, 2.45) is 0 Å². The molecule has 0 aliphatic heterocycles. The standard InChI is InChI=1S/C16H15N3O3S/c1-11(12-6-3-2-4-7-12)17-14(20)10-19-16(21)22-15(18-19)13-8-5-9-23-13/h2-9,11H,10H2,1H3,(H,17,20). The average molecular weight is 329 g/mol. The lowest BCUT2D eigenvalue weighted by molar-refractivity contribution is -0.122. The zero-order chi connectivity index (χ0) is 16.2. The van der Waals surface area contributed by atoms with Crippen LogP contribution in [0.4, 0.5) is 0 Å². The van der Waals surface area contributed by atoms with E-state index >= 15 is 0 Å². The summed E-state index contributed by atoms with van der Waals surface area (Å²) in [5, 5.41) is 8.76. The second-order valence-electron chi connectivity index (χ2n) is 5.01. The van der Waals surface area contributed by atoms with E-state index in [2.05, 4.69) is 10.4 Å². The first-order chi connectivity index (χ1) is 11.1. The molecule has 0 fully saturated rings. The fourth-order valence-corrected chi connectivity index (χ4v) is 2.80. The van der Waals surface area contributed by atoms with Gasteiger partial charge in [-0.05, 0) is 23.9 Å². The largest absolute Gasteiger partial charge is 0.437 e. The molecule has 1 N–H and O–H groups in total. The zero-order valence-electron chi connectivity index (χ0n) is 12.4. The van der Waals surface area contributed by atoms with Crippen molar-refractivity contribution in [2.75, 3.05) is 0 Å². The average Bonchev–Trinajstić information content (AvgIpc) is 3.18. The molecule has 6 nitrogen and oxygen atoms in total. The van der Waals surface area contributed by atoms with Crippen LogP contribution in [-0.2, 0) is 11.3 Å². The van der Waals surface area contributed by atoms with E-state index in [1.165, 1.54) is 11.3 Å². The summed E-state index contributed by atoms with van der Waals surface area (Å²) in [5.41, 5.74) is 0.993. The minimum Gasteiger partial charge on any atom is -0.387 e. The molecule has 118 valence electrons. The highest BCUT2D eigenvalue weighted by molar-refractivity contribution is 7.13. The Labute approximate surface area is 136 Å². The molecule has 0 bridgehead atoms. The Kier molecular flexibility index (Phi) is 4.38. The monoisotopic (exact) mass is 329 g/mol. The third-order valence-electron chi connectivity index (χ3n) is 3.31. The van der Waals surface area contributed by atoms with Crippen LogP contribution in [0.5, 0.6) is 0 Å². The van der Waals surface area contributed by atoms with Crippen molar-refractivity contribution in [3.8, 4) is 10.8 Å². The van der Waals surface area contributed by atoms with E-state index in [9.17, 15) is 9.59 Å². The molecule has 0 spiro atoms. The fourth-order valence-electron chi connectivity index (χ4n) is 2.15. The Morgan fingerprint density at radius 1 is 1.30 bits per heavy atom. The predicted molar refractivity (Wildman–Crippen MR) is 87.1 cm³/mol. The molecule has 3 rings (SSSR count). The molecule has 3 aromatic rings. The SMILES string of the molecule is CC(NC(=O)Cn1nc(-c2cccs2)oc1=O)c1ccccc1. The third kappa shape index (κ3) is 3.57. The molecule has 1 amide bonds. The summed E-state index contributed by atoms with van der Waals surface area (Å²) < 4.78 is 6.11. The summed E-state index contributed by atoms with van der Waals surface area (Å²) in [6, 6.07) is 13.1. The first kappa shape index (κ1) is 15.2. The minimum absolute atomic E-state index is 0.150. The Morgan fingerprint density at radius 3 is 2.78 bits per heavy atom. The number of carbonyl (C=O) groups excluding carboxylic acids is 1. The second kappa shape index (κ2) is 6.62. The number of amides is 1. The van der Waals surface area contributed by atoms with E-state index in [-0.39, 0.29) is 24.4 Å². The van der Waals surface area contributed by atoms with Gasteiger partial charge >= 0.3 is 5.76 Å². The number of thiophene rings is 1. The van der Waals surface area contributed by atoms with Gasteiger partial charge in [0.05, 0.1) is 10.9 Å². The van der Waals surface area contributed by atoms with Crippen LogP contribution in [0.3, 0.4) is 0 Å². The zero-order valence-corrected chi connectivity index (χ0v) is 13.2. The number of hydrogen-bond donors (Lipinski definition) is 1. The topological polar surface area (TPSA) is 77.1 Å². The molecule has 0 aliphatic rings. The van der Waals surface area contributed by atoms with Crippen LogP contribution in [0.1, 0.15) is 18.5 Å². The molecular weight excluding hydrogens is 314 g/mol. The van der Waals surface area contributed by atoms with Crippen LogP contribution >= 0.6 is 11.3 Å². The molecule has 2 heterocycles. The van der Waals surface area contributed by atoms with E-state index in [1.54, 1.807) is 6.07 Å². The number of aromatic nitrogens is 2. The number of rotatable bonds is 5. The quantitative estimate of drug-likeness (QED) is 0.780. The van der Waals surface area contributed by atoms with Gasteiger partial charge in [-0.1, -0.05) is 36.4 Å². The lowest BCUT2D eigenvalue weighted by Gasteiger charge is -2.13. The molecular formula is C16H15N3O3S. The molecule has 23 heavy (non-hydrogen) atoms. The molecule has 1 atom stereocenters. The Bertz CT molecular complexity index is 837. The molecule has 0 aliphatic carbocycles. The second-order valence-corrected chi connectivity index (χ2v) is 5.96. The number of benzene rings is 1. The summed E-state index contributed by atoms with van der Waals surface area (Å²) in [6.07, 6.45) is 0. The number of nitrogens with zero attached hydrogens (tertiary/aromatic N) is 2. The summed E-state index contributed by atoms with van der Waals surface area (Å²) >= 11 is 1.42. The van der Waals surface area contributed by atoms with Crippen molar-refractivity contribution < 1.29 is 9.21 Å². The summed E-state index contributed by atoms with van der Waals surface area (Å²) in [4.78, 5) is 24.6. The maximum atomic E-state index is 12.1. The maximum absolute atomic E-state index is 12.1. The smallest absolute Gasteiger partial charge is 0.387 e. The lowest BCUT2D eigenvalue weighted by atomic mass is 10.1. The first-order valence-corrected chi connectivity index (χ1v) is 7.97. The molecule has 1 aromatic carbocycles. The van der Waals surface area contributed by atoms with Crippen molar-refractivity contribution in [2.45, 2.75) is 19.5 Å². The van der Waals surface area contributed by atoms with Crippen LogP contribution in [0.15, 0.2) is 57.1 Å². The van der Waals surface area contributed by atoms with Crippen LogP contribution in [0, 0.1) is 0 Å². The van der Waals surface area contributed by atoms with Crippen LogP contribution in [0.2, 0.25) is 0 Å². The third-order valence-corrected chi connectivity index (χ3v) is 4.17. The van der Waals surface area contributed by atoms with E-state index in [4.69, 9.17) is 4.42 Å². The molecule has 0 saturated carbocycles. The first-order valence-electron chi connectivity index (χ1n) is 7.09. The predicted octanol–water partition coefficient (Wildman–Crippen LogP) is 2.44. The minimum atomic E-state index is -0.643. The van der Waals surface area contributed by atoms with Gasteiger partial charge in [0.15, 0.2) is 0 Å². The summed E-state index contributed by atoms with van der Waals surface area (Å²) in [7, 11) is 0. The van der Waals surface area contributed by atoms with Gasteiger partial charge in [0.2, 0.25) is 5.91 Å². The molecule has 2 aromatic heterocycles. The van der Waals surface area contributed by atoms with Crippen molar-refractivity contribution in [1.82, 2.24) is 15.1 Å². The Balaban J connectivity index is 1.68. The summed E-state index contributed by atoms with van der Waals surface area (Å²) in [6.45, 7) is 1.71. The van der Waals surface area contributed by atoms with E-state index in [1.807, 2.05) is 48.7 Å². The molecule has 7 heteroatoms. The van der Waals surface area contributed by atoms with Gasteiger partial charge in [-0.15, -0.1) is 16.4 Å². The maximum Gasteiger partial charge on any atom is 0.437 e. The van der Waals surface area contributed by atoms with Crippen LogP contribution in [0.25, 0.3) is 10.8 Å². The van der Waals surface area contributed by atoms with E-state index < -0.39 is 5.76 Å². The van der Waals surface area contributed by atoms with Gasteiger partial charge in [-0.3, -0.25) is 4.79 Å². The van der Waals surface area contributed by atoms with Gasteiger partial charge in [0.25, 0.3) is 5.89 Å². The Hall–Kier alpha value is -2.67. The highest BCUT2D eigenvalue weighted by atomic mass is 32.1. The van der Waals surface area contributed by atoms with Gasteiger partial charge in [0, 0.05) is 0 Å². The van der Waals surface area contributed by atoms with Crippen molar-refractivity contribution in [1.29, 1.82) is 0 Å². The highest BCUT2D eigenvalue weighted by Crippen LogP contribution is 2.21. The molecule has 1 unspecified atom stereocenters. The van der Waals surface area contributed by atoms with Crippen LogP contribution in [-0.4, -0.2) is 15.7 Å². The van der Waals surface area contributed by atoms with E-state index in [0.29, 0.717) is 0 Å². The Morgan fingerprint density at radius 2 is 2.09 bits per heavy atom. The molecule has 0 saturated heterocycles. The number of hydrogen-bond acceptors (Lipinski definition) is 5.